The van der Waals surface area contributed by atoms with Crippen molar-refractivity contribution in [2.45, 2.75) is 45.3 Å². The van der Waals surface area contributed by atoms with Gasteiger partial charge in [-0.3, -0.25) is 9.58 Å². The van der Waals surface area contributed by atoms with Crippen LogP contribution in [0.25, 0.3) is 0 Å². The maximum absolute atomic E-state index is 4.64. The van der Waals surface area contributed by atoms with E-state index in [-0.39, 0.29) is 0 Å². The molecule has 0 radical (unpaired) electrons. The molecule has 5 heteroatoms. The molecule has 2 aliphatic rings. The first-order valence-electron chi connectivity index (χ1n) is 8.11. The van der Waals surface area contributed by atoms with Crippen LogP contribution in [0, 0.1) is 5.92 Å². The van der Waals surface area contributed by atoms with Crippen molar-refractivity contribution in [2.24, 2.45) is 5.92 Å². The number of imidazole rings is 1. The Morgan fingerprint density at radius 2 is 2.10 bits per heavy atom. The fourth-order valence-corrected chi connectivity index (χ4v) is 3.77. The SMILES string of the molecule is c1cnn(Cc2cnc3n2CCN(CC2CCCC2)C3)c1. The molecular weight excluding hydrogens is 262 g/mol. The molecule has 1 aliphatic carbocycles. The van der Waals surface area contributed by atoms with Gasteiger partial charge in [0, 0.05) is 32.0 Å². The number of hydrogen-bond donors (Lipinski definition) is 0. The topological polar surface area (TPSA) is 38.9 Å². The van der Waals surface area contributed by atoms with E-state index in [1.165, 1.54) is 43.7 Å². The molecule has 0 N–H and O–H groups in total. The predicted octanol–water partition coefficient (Wildman–Crippen LogP) is 2.13. The Bertz CT molecular complexity index is 580. The molecule has 3 heterocycles. The van der Waals surface area contributed by atoms with Crippen molar-refractivity contribution in [1.29, 1.82) is 0 Å². The van der Waals surface area contributed by atoms with Crippen LogP contribution < -0.4 is 0 Å². The second-order valence-corrected chi connectivity index (χ2v) is 6.41. The molecule has 0 aromatic carbocycles. The Labute approximate surface area is 125 Å². The molecule has 0 unspecified atom stereocenters. The van der Waals surface area contributed by atoms with E-state index in [2.05, 4.69) is 19.5 Å². The van der Waals surface area contributed by atoms with E-state index in [0.717, 1.165) is 32.1 Å². The molecule has 0 saturated heterocycles. The molecule has 1 fully saturated rings. The average molecular weight is 285 g/mol. The van der Waals surface area contributed by atoms with Crippen LogP contribution in [0.1, 0.15) is 37.2 Å². The Hall–Kier alpha value is -1.62. The third-order valence-corrected chi connectivity index (χ3v) is 4.90. The lowest BCUT2D eigenvalue weighted by molar-refractivity contribution is 0.184. The summed E-state index contributed by atoms with van der Waals surface area (Å²) >= 11 is 0. The highest BCUT2D eigenvalue weighted by Gasteiger charge is 2.23. The van der Waals surface area contributed by atoms with E-state index < -0.39 is 0 Å². The normalized spacial score (nSPS) is 20.0. The van der Waals surface area contributed by atoms with Gasteiger partial charge in [0.05, 0.1) is 25.0 Å². The Morgan fingerprint density at radius 1 is 1.19 bits per heavy atom. The Balaban J connectivity index is 1.43. The monoisotopic (exact) mass is 285 g/mol. The standard InChI is InChI=1S/C16H23N5/c1-2-5-14(4-1)11-19-8-9-21-15(10-17-16(21)13-19)12-20-7-3-6-18-20/h3,6-7,10,14H,1-2,4-5,8-9,11-13H2. The summed E-state index contributed by atoms with van der Waals surface area (Å²) in [4.78, 5) is 7.24. The number of rotatable bonds is 4. The van der Waals surface area contributed by atoms with E-state index >= 15 is 0 Å². The smallest absolute Gasteiger partial charge is 0.123 e. The van der Waals surface area contributed by atoms with Gasteiger partial charge in [0.1, 0.15) is 5.82 Å². The zero-order valence-corrected chi connectivity index (χ0v) is 12.5. The van der Waals surface area contributed by atoms with E-state index in [1.807, 2.05) is 29.3 Å². The zero-order valence-electron chi connectivity index (χ0n) is 12.5. The molecule has 21 heavy (non-hydrogen) atoms. The average Bonchev–Trinajstić information content (AvgIpc) is 3.22. The second kappa shape index (κ2) is 5.64. The van der Waals surface area contributed by atoms with Crippen molar-refractivity contribution in [3.8, 4) is 0 Å². The molecule has 2 aromatic rings. The molecule has 0 spiro atoms. The highest BCUT2D eigenvalue weighted by atomic mass is 15.3. The van der Waals surface area contributed by atoms with E-state index in [4.69, 9.17) is 0 Å². The van der Waals surface area contributed by atoms with Gasteiger partial charge in [-0.25, -0.2) is 4.98 Å². The van der Waals surface area contributed by atoms with Crippen LogP contribution in [0.15, 0.2) is 24.7 Å². The lowest BCUT2D eigenvalue weighted by Crippen LogP contribution is -2.37. The van der Waals surface area contributed by atoms with Gasteiger partial charge >= 0.3 is 0 Å². The van der Waals surface area contributed by atoms with Crippen LogP contribution in [0.3, 0.4) is 0 Å². The van der Waals surface area contributed by atoms with Gasteiger partial charge in [0.25, 0.3) is 0 Å². The van der Waals surface area contributed by atoms with Crippen LogP contribution in [0.4, 0.5) is 0 Å². The molecule has 0 bridgehead atoms. The molecule has 1 saturated carbocycles. The summed E-state index contributed by atoms with van der Waals surface area (Å²) < 4.78 is 4.35. The molecule has 5 nitrogen and oxygen atoms in total. The quantitative estimate of drug-likeness (QED) is 0.864. The summed E-state index contributed by atoms with van der Waals surface area (Å²) in [7, 11) is 0. The van der Waals surface area contributed by atoms with Crippen LogP contribution in [0.2, 0.25) is 0 Å². The van der Waals surface area contributed by atoms with Gasteiger partial charge in [-0.1, -0.05) is 12.8 Å². The maximum Gasteiger partial charge on any atom is 0.123 e. The van der Waals surface area contributed by atoms with Crippen molar-refractivity contribution in [3.05, 3.63) is 36.2 Å². The Morgan fingerprint density at radius 3 is 2.90 bits per heavy atom. The van der Waals surface area contributed by atoms with Gasteiger partial charge in [-0.05, 0) is 24.8 Å². The minimum Gasteiger partial charge on any atom is -0.328 e. The van der Waals surface area contributed by atoms with Crippen molar-refractivity contribution in [1.82, 2.24) is 24.2 Å². The first-order chi connectivity index (χ1) is 10.4. The fourth-order valence-electron chi connectivity index (χ4n) is 3.77. The van der Waals surface area contributed by atoms with Gasteiger partial charge in [-0.15, -0.1) is 0 Å². The summed E-state index contributed by atoms with van der Waals surface area (Å²) in [6.07, 6.45) is 11.6. The first kappa shape index (κ1) is 13.1. The highest BCUT2D eigenvalue weighted by molar-refractivity contribution is 5.08. The highest BCUT2D eigenvalue weighted by Crippen LogP contribution is 2.26. The van der Waals surface area contributed by atoms with Crippen molar-refractivity contribution in [2.75, 3.05) is 13.1 Å². The van der Waals surface area contributed by atoms with Crippen molar-refractivity contribution >= 4 is 0 Å². The van der Waals surface area contributed by atoms with Gasteiger partial charge < -0.3 is 4.57 Å². The molecule has 0 amide bonds. The van der Waals surface area contributed by atoms with Crippen molar-refractivity contribution in [3.63, 3.8) is 0 Å². The summed E-state index contributed by atoms with van der Waals surface area (Å²) in [6.45, 7) is 5.32. The van der Waals surface area contributed by atoms with E-state index in [9.17, 15) is 0 Å². The van der Waals surface area contributed by atoms with Gasteiger partial charge in [-0.2, -0.15) is 5.10 Å². The predicted molar refractivity (Wildman–Crippen MR) is 80.8 cm³/mol. The van der Waals surface area contributed by atoms with Crippen molar-refractivity contribution < 1.29 is 0 Å². The lowest BCUT2D eigenvalue weighted by atomic mass is 10.1. The zero-order chi connectivity index (χ0) is 14.1. The molecule has 2 aromatic heterocycles. The largest absolute Gasteiger partial charge is 0.328 e. The summed E-state index contributed by atoms with van der Waals surface area (Å²) in [5.41, 5.74) is 1.27. The first-order valence-corrected chi connectivity index (χ1v) is 8.11. The fraction of sp³-hybridized carbons (Fsp3) is 0.625. The van der Waals surface area contributed by atoms with Crippen LogP contribution in [-0.2, 0) is 19.6 Å². The molecule has 0 atom stereocenters. The molecule has 1 aliphatic heterocycles. The third-order valence-electron chi connectivity index (χ3n) is 4.90. The molecule has 4 rings (SSSR count). The number of nitrogens with zero attached hydrogens (tertiary/aromatic N) is 5. The van der Waals surface area contributed by atoms with Gasteiger partial charge in [0.2, 0.25) is 0 Å². The van der Waals surface area contributed by atoms with Gasteiger partial charge in [0.15, 0.2) is 0 Å². The van der Waals surface area contributed by atoms with Crippen LogP contribution in [-0.4, -0.2) is 37.3 Å². The maximum atomic E-state index is 4.64. The van der Waals surface area contributed by atoms with E-state index in [0.29, 0.717) is 0 Å². The Kier molecular flexibility index (Phi) is 3.51. The summed E-state index contributed by atoms with van der Waals surface area (Å²) in [5, 5.41) is 4.29. The minimum absolute atomic E-state index is 0.822. The van der Waals surface area contributed by atoms with Crippen LogP contribution in [0.5, 0.6) is 0 Å². The molecular formula is C16H23N5. The minimum atomic E-state index is 0.822. The molecule has 112 valence electrons. The van der Waals surface area contributed by atoms with Crippen LogP contribution >= 0.6 is 0 Å². The lowest BCUT2D eigenvalue weighted by Gasteiger charge is -2.30. The number of hydrogen-bond acceptors (Lipinski definition) is 3. The summed E-state index contributed by atoms with van der Waals surface area (Å²) in [6, 6.07) is 1.97. The van der Waals surface area contributed by atoms with E-state index in [1.54, 1.807) is 0 Å². The summed E-state index contributed by atoms with van der Waals surface area (Å²) in [5.74, 6) is 2.15. The third kappa shape index (κ3) is 2.75. The second-order valence-electron chi connectivity index (χ2n) is 6.41. The number of aromatic nitrogens is 4. The number of fused-ring (bicyclic) bond motifs is 1.